The number of H-pyrrole nitrogens is 1. The number of aryl methyl sites for hydroxylation is 1. The number of aromatic amines is 1. The highest BCUT2D eigenvalue weighted by atomic mass is 16.5. The predicted octanol–water partition coefficient (Wildman–Crippen LogP) is 2.05. The van der Waals surface area contributed by atoms with Crippen molar-refractivity contribution in [2.45, 2.75) is 25.6 Å². The van der Waals surface area contributed by atoms with Crippen molar-refractivity contribution >= 4 is 5.91 Å². The minimum Gasteiger partial charge on any atom is -0.373 e. The number of rotatable bonds is 3. The smallest absolute Gasteiger partial charge is 0.255 e. The fourth-order valence-corrected chi connectivity index (χ4v) is 3.79. The topological polar surface area (TPSA) is 48.6 Å². The van der Waals surface area contributed by atoms with E-state index in [1.165, 1.54) is 5.56 Å². The van der Waals surface area contributed by atoms with Crippen LogP contribution < -0.4 is 0 Å². The number of aromatic nitrogens is 1. The predicted molar refractivity (Wildman–Crippen MR) is 91.8 cm³/mol. The summed E-state index contributed by atoms with van der Waals surface area (Å²) >= 11 is 0. The third-order valence-electron chi connectivity index (χ3n) is 5.12. The molecule has 24 heavy (non-hydrogen) atoms. The minimum atomic E-state index is 0.103. The lowest BCUT2D eigenvalue weighted by atomic mass is 10.1. The fourth-order valence-electron chi connectivity index (χ4n) is 3.79. The van der Waals surface area contributed by atoms with Crippen LogP contribution >= 0.6 is 0 Å². The van der Waals surface area contributed by atoms with Crippen LogP contribution in [0.2, 0.25) is 0 Å². The van der Waals surface area contributed by atoms with Crippen LogP contribution in [0.3, 0.4) is 0 Å². The standard InChI is InChI=1S/C19H23N3O2/c1-14-16(7-8-20-14)19(23)22-12-17-18(13-22)24-10-9-21(17)11-15-5-3-2-4-6-15/h2-8,17-18,20H,9-13H2,1H3/t17-,18-/m0/s1. The van der Waals surface area contributed by atoms with E-state index < -0.39 is 0 Å². The summed E-state index contributed by atoms with van der Waals surface area (Å²) in [5.74, 6) is 0.103. The van der Waals surface area contributed by atoms with E-state index in [-0.39, 0.29) is 18.1 Å². The number of hydrogen-bond acceptors (Lipinski definition) is 3. The van der Waals surface area contributed by atoms with Gasteiger partial charge in [-0.3, -0.25) is 9.69 Å². The van der Waals surface area contributed by atoms with Gasteiger partial charge in [0.15, 0.2) is 0 Å². The zero-order valence-electron chi connectivity index (χ0n) is 13.9. The van der Waals surface area contributed by atoms with Gasteiger partial charge in [0, 0.05) is 38.1 Å². The fraction of sp³-hybridized carbons (Fsp3) is 0.421. The van der Waals surface area contributed by atoms with Gasteiger partial charge in [-0.15, -0.1) is 0 Å². The quantitative estimate of drug-likeness (QED) is 0.939. The number of nitrogens with one attached hydrogen (secondary N) is 1. The maximum Gasteiger partial charge on any atom is 0.255 e. The molecular formula is C19H23N3O2. The first-order valence-electron chi connectivity index (χ1n) is 8.55. The maximum atomic E-state index is 12.8. The van der Waals surface area contributed by atoms with Crippen molar-refractivity contribution in [1.82, 2.24) is 14.8 Å². The number of carbonyl (C=O) groups is 1. The van der Waals surface area contributed by atoms with Gasteiger partial charge in [0.1, 0.15) is 0 Å². The van der Waals surface area contributed by atoms with Crippen LogP contribution in [-0.2, 0) is 11.3 Å². The van der Waals surface area contributed by atoms with Crippen LogP contribution in [0.1, 0.15) is 21.6 Å². The van der Waals surface area contributed by atoms with Crippen molar-refractivity contribution in [3.63, 3.8) is 0 Å². The number of ether oxygens (including phenoxy) is 1. The summed E-state index contributed by atoms with van der Waals surface area (Å²) in [4.78, 5) is 20.3. The first kappa shape index (κ1) is 15.4. The van der Waals surface area contributed by atoms with Crippen molar-refractivity contribution < 1.29 is 9.53 Å². The average molecular weight is 325 g/mol. The summed E-state index contributed by atoms with van der Waals surface area (Å²) in [6, 6.07) is 12.7. The van der Waals surface area contributed by atoms with Crippen molar-refractivity contribution in [3.05, 3.63) is 59.4 Å². The van der Waals surface area contributed by atoms with Crippen LogP contribution in [0, 0.1) is 6.92 Å². The van der Waals surface area contributed by atoms with E-state index >= 15 is 0 Å². The highest BCUT2D eigenvalue weighted by molar-refractivity contribution is 5.95. The molecule has 0 bridgehead atoms. The molecule has 126 valence electrons. The molecule has 4 rings (SSSR count). The van der Waals surface area contributed by atoms with Crippen LogP contribution in [0.5, 0.6) is 0 Å². The SMILES string of the molecule is Cc1[nH]ccc1C(=O)N1C[C@@H]2OCCN(Cc3ccccc3)[C@H]2C1. The van der Waals surface area contributed by atoms with E-state index in [9.17, 15) is 4.79 Å². The van der Waals surface area contributed by atoms with Crippen molar-refractivity contribution in [2.75, 3.05) is 26.2 Å². The van der Waals surface area contributed by atoms with Crippen molar-refractivity contribution in [1.29, 1.82) is 0 Å². The molecule has 0 aliphatic carbocycles. The molecule has 0 saturated carbocycles. The summed E-state index contributed by atoms with van der Waals surface area (Å²) < 4.78 is 5.95. The highest BCUT2D eigenvalue weighted by Gasteiger charge is 2.42. The van der Waals surface area contributed by atoms with Gasteiger partial charge in [-0.05, 0) is 18.6 Å². The molecule has 3 heterocycles. The Kier molecular flexibility index (Phi) is 4.12. The van der Waals surface area contributed by atoms with Gasteiger partial charge >= 0.3 is 0 Å². The second-order valence-corrected chi connectivity index (χ2v) is 6.66. The van der Waals surface area contributed by atoms with Crippen LogP contribution in [0.25, 0.3) is 0 Å². The number of morpholine rings is 1. The Balaban J connectivity index is 1.48. The summed E-state index contributed by atoms with van der Waals surface area (Å²) in [7, 11) is 0. The molecule has 1 aromatic carbocycles. The lowest BCUT2D eigenvalue weighted by Gasteiger charge is -2.36. The molecular weight excluding hydrogens is 302 g/mol. The van der Waals surface area contributed by atoms with E-state index in [1.54, 1.807) is 0 Å². The van der Waals surface area contributed by atoms with E-state index in [0.29, 0.717) is 6.54 Å². The Morgan fingerprint density at radius 2 is 2.08 bits per heavy atom. The van der Waals surface area contributed by atoms with Gasteiger partial charge in [-0.2, -0.15) is 0 Å². The zero-order chi connectivity index (χ0) is 16.5. The molecule has 5 nitrogen and oxygen atoms in total. The molecule has 2 fully saturated rings. The minimum absolute atomic E-state index is 0.103. The first-order chi connectivity index (χ1) is 11.7. The molecule has 2 aliphatic rings. The Labute approximate surface area is 142 Å². The molecule has 0 spiro atoms. The average Bonchev–Trinajstić information content (AvgIpc) is 3.22. The summed E-state index contributed by atoms with van der Waals surface area (Å²) in [6.07, 6.45) is 1.94. The molecule has 0 radical (unpaired) electrons. The molecule has 2 saturated heterocycles. The summed E-state index contributed by atoms with van der Waals surface area (Å²) in [5, 5.41) is 0. The molecule has 1 aromatic heterocycles. The van der Waals surface area contributed by atoms with E-state index in [1.807, 2.05) is 30.2 Å². The lowest BCUT2D eigenvalue weighted by molar-refractivity contribution is -0.0503. The van der Waals surface area contributed by atoms with Gasteiger partial charge in [0.05, 0.1) is 24.3 Å². The number of carbonyl (C=O) groups excluding carboxylic acids is 1. The van der Waals surface area contributed by atoms with Crippen LogP contribution in [-0.4, -0.2) is 59.1 Å². The van der Waals surface area contributed by atoms with E-state index in [4.69, 9.17) is 4.74 Å². The molecule has 5 heteroatoms. The van der Waals surface area contributed by atoms with Crippen molar-refractivity contribution in [2.24, 2.45) is 0 Å². The number of nitrogens with zero attached hydrogens (tertiary/aromatic N) is 2. The normalized spacial score (nSPS) is 24.1. The Hall–Kier alpha value is -2.11. The Morgan fingerprint density at radius 1 is 1.25 bits per heavy atom. The number of likely N-dealkylation sites (tertiary alicyclic amines) is 1. The van der Waals surface area contributed by atoms with E-state index in [0.717, 1.165) is 37.5 Å². The first-order valence-corrected chi connectivity index (χ1v) is 8.55. The molecule has 1 N–H and O–H groups in total. The third kappa shape index (κ3) is 2.85. The van der Waals surface area contributed by atoms with Gasteiger partial charge in [-0.1, -0.05) is 30.3 Å². The highest BCUT2D eigenvalue weighted by Crippen LogP contribution is 2.26. The number of hydrogen-bond donors (Lipinski definition) is 1. The second kappa shape index (κ2) is 6.42. The third-order valence-corrected chi connectivity index (χ3v) is 5.12. The number of benzene rings is 1. The number of fused-ring (bicyclic) bond motifs is 1. The molecule has 2 atom stereocenters. The monoisotopic (exact) mass is 325 g/mol. The summed E-state index contributed by atoms with van der Waals surface area (Å²) in [6.45, 7) is 5.92. The molecule has 2 aromatic rings. The number of amides is 1. The summed E-state index contributed by atoms with van der Waals surface area (Å²) in [5.41, 5.74) is 3.00. The van der Waals surface area contributed by atoms with Crippen LogP contribution in [0.4, 0.5) is 0 Å². The van der Waals surface area contributed by atoms with E-state index in [2.05, 4.69) is 34.1 Å². The lowest BCUT2D eigenvalue weighted by Crippen LogP contribution is -2.50. The van der Waals surface area contributed by atoms with Crippen molar-refractivity contribution in [3.8, 4) is 0 Å². The second-order valence-electron chi connectivity index (χ2n) is 6.66. The van der Waals surface area contributed by atoms with Gasteiger partial charge < -0.3 is 14.6 Å². The molecule has 0 unspecified atom stereocenters. The van der Waals surface area contributed by atoms with Gasteiger partial charge in [0.2, 0.25) is 0 Å². The Morgan fingerprint density at radius 3 is 2.83 bits per heavy atom. The maximum absolute atomic E-state index is 12.8. The zero-order valence-corrected chi connectivity index (χ0v) is 13.9. The van der Waals surface area contributed by atoms with Gasteiger partial charge in [0.25, 0.3) is 5.91 Å². The molecule has 1 amide bonds. The van der Waals surface area contributed by atoms with Gasteiger partial charge in [-0.25, -0.2) is 0 Å². The van der Waals surface area contributed by atoms with Crippen LogP contribution in [0.15, 0.2) is 42.6 Å². The largest absolute Gasteiger partial charge is 0.373 e. The Bertz CT molecular complexity index is 712. The molecule has 2 aliphatic heterocycles.